The summed E-state index contributed by atoms with van der Waals surface area (Å²) in [5.41, 5.74) is -2.24. The molecule has 2 atom stereocenters. The molecule has 10 heteroatoms. The van der Waals surface area contributed by atoms with Crippen molar-refractivity contribution in [1.82, 2.24) is 5.32 Å². The van der Waals surface area contributed by atoms with Gasteiger partial charge < -0.3 is 30.0 Å². The molecule has 3 N–H and O–H groups in total. The average Bonchev–Trinajstić information content (AvgIpc) is 2.60. The molecule has 28 heavy (non-hydrogen) atoms. The summed E-state index contributed by atoms with van der Waals surface area (Å²) in [6.07, 6.45) is -0.209. The number of urea groups is 1. The van der Waals surface area contributed by atoms with Gasteiger partial charge in [-0.3, -0.25) is 0 Å². The van der Waals surface area contributed by atoms with Gasteiger partial charge >= 0.3 is 18.6 Å². The van der Waals surface area contributed by atoms with E-state index in [1.165, 1.54) is 19.2 Å². The number of ether oxygens (including phenoxy) is 3. The van der Waals surface area contributed by atoms with E-state index in [4.69, 9.17) is 9.47 Å². The van der Waals surface area contributed by atoms with Crippen LogP contribution < -0.4 is 20.1 Å². The third-order valence-corrected chi connectivity index (χ3v) is 5.09. The molecule has 1 aliphatic rings. The molecule has 1 aliphatic carbocycles. The van der Waals surface area contributed by atoms with Crippen LogP contribution in [0.3, 0.4) is 0 Å². The van der Waals surface area contributed by atoms with Crippen molar-refractivity contribution in [1.29, 1.82) is 0 Å². The zero-order chi connectivity index (χ0) is 21.1. The first-order chi connectivity index (χ1) is 13.1. The zero-order valence-corrected chi connectivity index (χ0v) is 16.0. The van der Waals surface area contributed by atoms with Gasteiger partial charge in [0.2, 0.25) is 0 Å². The van der Waals surface area contributed by atoms with E-state index >= 15 is 0 Å². The van der Waals surface area contributed by atoms with Gasteiger partial charge in [-0.2, -0.15) is 8.78 Å². The molecule has 1 fully saturated rings. The first-order valence-corrected chi connectivity index (χ1v) is 8.64. The lowest BCUT2D eigenvalue weighted by atomic mass is 9.54. The predicted octanol–water partition coefficient (Wildman–Crippen LogP) is 3.08. The van der Waals surface area contributed by atoms with Crippen molar-refractivity contribution in [2.45, 2.75) is 45.4 Å². The summed E-state index contributed by atoms with van der Waals surface area (Å²) in [5, 5.41) is 14.6. The van der Waals surface area contributed by atoms with Gasteiger partial charge in [-0.25, -0.2) is 9.59 Å². The van der Waals surface area contributed by atoms with E-state index in [0.29, 0.717) is 6.61 Å². The number of rotatable bonds is 8. The van der Waals surface area contributed by atoms with Crippen molar-refractivity contribution in [3.8, 4) is 11.5 Å². The Balaban J connectivity index is 2.15. The van der Waals surface area contributed by atoms with Crippen LogP contribution in [-0.2, 0) is 9.53 Å². The van der Waals surface area contributed by atoms with Crippen LogP contribution in [-0.4, -0.2) is 49.1 Å². The van der Waals surface area contributed by atoms with Crippen LogP contribution in [0.5, 0.6) is 11.5 Å². The number of halogens is 2. The summed E-state index contributed by atoms with van der Waals surface area (Å²) < 4.78 is 39.9. The lowest BCUT2D eigenvalue weighted by Gasteiger charge is -2.58. The minimum absolute atomic E-state index is 0.0629. The average molecular weight is 402 g/mol. The number of hydrogen-bond acceptors (Lipinski definition) is 5. The monoisotopic (exact) mass is 402 g/mol. The fourth-order valence-corrected chi connectivity index (χ4v) is 3.34. The second-order valence-electron chi connectivity index (χ2n) is 6.90. The van der Waals surface area contributed by atoms with Crippen molar-refractivity contribution in [2.24, 2.45) is 5.41 Å². The highest BCUT2D eigenvalue weighted by Gasteiger charge is 2.66. The van der Waals surface area contributed by atoms with Crippen molar-refractivity contribution in [3.05, 3.63) is 18.2 Å². The van der Waals surface area contributed by atoms with Gasteiger partial charge in [0.05, 0.1) is 13.2 Å². The van der Waals surface area contributed by atoms with E-state index in [9.17, 15) is 23.5 Å². The van der Waals surface area contributed by atoms with E-state index in [-0.39, 0.29) is 29.7 Å². The molecule has 0 saturated heterocycles. The fraction of sp³-hybridized carbons (Fsp3) is 0.556. The minimum Gasteiger partial charge on any atom is -0.493 e. The normalized spacial score (nSPS) is 22.9. The van der Waals surface area contributed by atoms with Crippen LogP contribution in [0.1, 0.15) is 27.2 Å². The Morgan fingerprint density at radius 3 is 2.50 bits per heavy atom. The largest absolute Gasteiger partial charge is 0.493 e. The molecule has 8 nitrogen and oxygen atoms in total. The number of benzene rings is 1. The summed E-state index contributed by atoms with van der Waals surface area (Å²) >= 11 is 0. The number of amides is 2. The Hall–Kier alpha value is -2.62. The van der Waals surface area contributed by atoms with Crippen molar-refractivity contribution >= 4 is 17.7 Å². The molecule has 0 bridgehead atoms. The lowest BCUT2D eigenvalue weighted by Crippen LogP contribution is -2.76. The van der Waals surface area contributed by atoms with E-state index in [1.54, 1.807) is 20.8 Å². The maximum atomic E-state index is 12.5. The zero-order valence-electron chi connectivity index (χ0n) is 16.0. The number of carbonyl (C=O) groups is 2. The molecule has 156 valence electrons. The summed E-state index contributed by atoms with van der Waals surface area (Å²) in [5.74, 6) is -1.38. The minimum atomic E-state index is -3.07. The predicted molar refractivity (Wildman–Crippen MR) is 96.0 cm³/mol. The summed E-state index contributed by atoms with van der Waals surface area (Å²) in [7, 11) is 1.29. The van der Waals surface area contributed by atoms with Gasteiger partial charge in [0.1, 0.15) is 5.54 Å². The molecule has 1 aromatic rings. The van der Waals surface area contributed by atoms with Gasteiger partial charge in [0.25, 0.3) is 0 Å². The molecule has 2 rings (SSSR count). The van der Waals surface area contributed by atoms with Gasteiger partial charge in [-0.1, -0.05) is 13.8 Å². The Labute approximate surface area is 161 Å². The molecule has 0 aromatic heterocycles. The number of anilines is 1. The second-order valence-corrected chi connectivity index (χ2v) is 6.90. The number of methoxy groups -OCH3 is 1. The molecule has 2 amide bonds. The number of carbonyl (C=O) groups excluding carboxylic acids is 1. The summed E-state index contributed by atoms with van der Waals surface area (Å²) in [4.78, 5) is 24.3. The molecule has 0 aliphatic heterocycles. The van der Waals surface area contributed by atoms with Crippen LogP contribution in [0.2, 0.25) is 0 Å². The highest BCUT2D eigenvalue weighted by atomic mass is 19.3. The molecule has 0 heterocycles. The Morgan fingerprint density at radius 1 is 1.32 bits per heavy atom. The first kappa shape index (κ1) is 21.7. The van der Waals surface area contributed by atoms with Crippen LogP contribution in [0, 0.1) is 5.41 Å². The molecule has 0 spiro atoms. The number of carboxylic acids is 1. The SMILES string of the molecule is CCO[C@@H]1C[C@](NC(=O)Nc2ccc(OC)c(OC(F)F)c2)(C(=O)O)C1(C)C. The molecular weight excluding hydrogens is 378 g/mol. The van der Waals surface area contributed by atoms with E-state index in [0.717, 1.165) is 6.07 Å². The third-order valence-electron chi connectivity index (χ3n) is 5.09. The van der Waals surface area contributed by atoms with Gasteiger partial charge in [0, 0.05) is 30.2 Å². The smallest absolute Gasteiger partial charge is 0.387 e. The molecule has 0 unspecified atom stereocenters. The topological polar surface area (TPSA) is 106 Å². The molecule has 0 radical (unpaired) electrons. The van der Waals surface area contributed by atoms with Crippen LogP contribution in [0.4, 0.5) is 19.3 Å². The van der Waals surface area contributed by atoms with Crippen molar-refractivity contribution in [3.63, 3.8) is 0 Å². The van der Waals surface area contributed by atoms with Gasteiger partial charge in [-0.05, 0) is 19.1 Å². The maximum Gasteiger partial charge on any atom is 0.387 e. The quantitative estimate of drug-likeness (QED) is 0.617. The summed E-state index contributed by atoms with van der Waals surface area (Å²) in [6.45, 7) is 2.56. The molecule has 1 aromatic carbocycles. The van der Waals surface area contributed by atoms with E-state index in [1.807, 2.05) is 0 Å². The van der Waals surface area contributed by atoms with Crippen LogP contribution >= 0.6 is 0 Å². The first-order valence-electron chi connectivity index (χ1n) is 8.64. The van der Waals surface area contributed by atoms with E-state index < -0.39 is 29.6 Å². The Bertz CT molecular complexity index is 743. The third kappa shape index (κ3) is 3.96. The molecular formula is C18H24F2N2O6. The number of hydrogen-bond donors (Lipinski definition) is 3. The van der Waals surface area contributed by atoms with Crippen LogP contribution in [0.15, 0.2) is 18.2 Å². The molecule has 1 saturated carbocycles. The Morgan fingerprint density at radius 2 is 2.00 bits per heavy atom. The lowest BCUT2D eigenvalue weighted by molar-refractivity contribution is -0.190. The highest BCUT2D eigenvalue weighted by molar-refractivity contribution is 5.95. The second kappa shape index (κ2) is 8.17. The van der Waals surface area contributed by atoms with Crippen molar-refractivity contribution in [2.75, 3.05) is 19.0 Å². The highest BCUT2D eigenvalue weighted by Crippen LogP contribution is 2.51. The van der Waals surface area contributed by atoms with Gasteiger partial charge in [-0.15, -0.1) is 0 Å². The van der Waals surface area contributed by atoms with Crippen LogP contribution in [0.25, 0.3) is 0 Å². The Kier molecular flexibility index (Phi) is 6.33. The van der Waals surface area contributed by atoms with E-state index in [2.05, 4.69) is 15.4 Å². The number of aliphatic carboxylic acids is 1. The van der Waals surface area contributed by atoms with Gasteiger partial charge in [0.15, 0.2) is 11.5 Å². The number of carboxylic acid groups (broad SMARTS) is 1. The standard InChI is InChI=1S/C18H24F2N2O6/c1-5-27-13-9-18(14(23)24,17(13,2)3)22-16(25)21-10-6-7-11(26-4)12(8-10)28-15(19)20/h6-8,13,15H,5,9H2,1-4H3,(H,23,24)(H2,21,22,25)/t13-,18+/m1/s1. The van der Waals surface area contributed by atoms with Crippen molar-refractivity contribution < 1.29 is 37.7 Å². The number of nitrogens with one attached hydrogen (secondary N) is 2. The maximum absolute atomic E-state index is 12.5. The fourth-order valence-electron chi connectivity index (χ4n) is 3.34. The summed E-state index contributed by atoms with van der Waals surface area (Å²) in [6, 6.07) is 3.13. The number of alkyl halides is 2.